The Hall–Kier alpha value is -1.38. The molecule has 1 rings (SSSR count). The van der Waals surface area contributed by atoms with Gasteiger partial charge in [-0.15, -0.1) is 0 Å². The quantitative estimate of drug-likeness (QED) is 0.714. The molecule has 0 aliphatic heterocycles. The molecule has 8 heteroatoms. The number of carbonyl (C=O) groups is 1. The van der Waals surface area contributed by atoms with E-state index in [1.165, 1.54) is 26.7 Å². The highest BCUT2D eigenvalue weighted by atomic mass is 32.2. The monoisotopic (exact) mass is 276 g/mol. The fourth-order valence-electron chi connectivity index (χ4n) is 1.15. The highest BCUT2D eigenvalue weighted by Gasteiger charge is 2.18. The normalized spacial score (nSPS) is 11.7. The lowest BCUT2D eigenvalue weighted by molar-refractivity contribution is -0.140. The van der Waals surface area contributed by atoms with E-state index in [1.807, 2.05) is 0 Å². The number of furan rings is 1. The van der Waals surface area contributed by atoms with Crippen LogP contribution in [0.5, 0.6) is 0 Å². The second-order valence-corrected chi connectivity index (χ2v) is 5.47. The molecule has 0 unspecified atom stereocenters. The molecule has 18 heavy (non-hydrogen) atoms. The van der Waals surface area contributed by atoms with Crippen molar-refractivity contribution in [1.29, 1.82) is 0 Å². The van der Waals surface area contributed by atoms with Crippen molar-refractivity contribution in [3.05, 3.63) is 24.2 Å². The summed E-state index contributed by atoms with van der Waals surface area (Å²) in [5.74, 6) is -0.452. The molecule has 1 aromatic rings. The number of hydrogen-bond donors (Lipinski definition) is 1. The van der Waals surface area contributed by atoms with Gasteiger partial charge in [-0.3, -0.25) is 4.79 Å². The molecule has 0 saturated carbocycles. The zero-order valence-electron chi connectivity index (χ0n) is 10.3. The zero-order chi connectivity index (χ0) is 13.6. The highest BCUT2D eigenvalue weighted by Crippen LogP contribution is 2.02. The second-order valence-electron chi connectivity index (χ2n) is 3.61. The smallest absolute Gasteiger partial charge is 0.306 e. The van der Waals surface area contributed by atoms with E-state index in [1.54, 1.807) is 6.07 Å². The SMILES string of the molecule is COC(=O)CCN(C)S(=O)(=O)NCc1ccoc1. The molecule has 1 aromatic heterocycles. The predicted molar refractivity (Wildman–Crippen MR) is 63.7 cm³/mol. The van der Waals surface area contributed by atoms with Crippen molar-refractivity contribution in [3.8, 4) is 0 Å². The fourth-order valence-corrected chi connectivity index (χ4v) is 2.05. The van der Waals surface area contributed by atoms with Crippen molar-refractivity contribution >= 4 is 16.2 Å². The lowest BCUT2D eigenvalue weighted by atomic mass is 10.4. The van der Waals surface area contributed by atoms with Crippen molar-refractivity contribution in [2.75, 3.05) is 20.7 Å². The summed E-state index contributed by atoms with van der Waals surface area (Å²) >= 11 is 0. The number of ether oxygens (including phenoxy) is 1. The van der Waals surface area contributed by atoms with Crippen LogP contribution in [-0.4, -0.2) is 39.4 Å². The molecular weight excluding hydrogens is 260 g/mol. The summed E-state index contributed by atoms with van der Waals surface area (Å²) in [6, 6.07) is 1.66. The van der Waals surface area contributed by atoms with Crippen LogP contribution in [0.4, 0.5) is 0 Å². The Morgan fingerprint density at radius 3 is 2.83 bits per heavy atom. The van der Waals surface area contributed by atoms with Gasteiger partial charge in [-0.05, 0) is 6.07 Å². The second kappa shape index (κ2) is 6.53. The van der Waals surface area contributed by atoms with Crippen molar-refractivity contribution in [3.63, 3.8) is 0 Å². The molecule has 102 valence electrons. The number of esters is 1. The maximum atomic E-state index is 11.8. The van der Waals surface area contributed by atoms with E-state index in [9.17, 15) is 13.2 Å². The first kappa shape index (κ1) is 14.7. The van der Waals surface area contributed by atoms with Gasteiger partial charge in [-0.2, -0.15) is 17.4 Å². The van der Waals surface area contributed by atoms with E-state index in [0.29, 0.717) is 0 Å². The molecule has 0 aliphatic rings. The molecule has 0 bridgehead atoms. The topological polar surface area (TPSA) is 88.8 Å². The Morgan fingerprint density at radius 1 is 1.56 bits per heavy atom. The molecule has 7 nitrogen and oxygen atoms in total. The first-order chi connectivity index (χ1) is 8.45. The van der Waals surface area contributed by atoms with Gasteiger partial charge >= 0.3 is 5.97 Å². The molecule has 0 radical (unpaired) electrons. The Morgan fingerprint density at radius 2 is 2.28 bits per heavy atom. The van der Waals surface area contributed by atoms with Gasteiger partial charge in [0.15, 0.2) is 0 Å². The zero-order valence-corrected chi connectivity index (χ0v) is 11.1. The third-order valence-electron chi connectivity index (χ3n) is 2.31. The van der Waals surface area contributed by atoms with Gasteiger partial charge in [-0.25, -0.2) is 0 Å². The number of rotatable bonds is 7. The van der Waals surface area contributed by atoms with Crippen molar-refractivity contribution in [1.82, 2.24) is 9.03 Å². The molecule has 0 saturated heterocycles. The molecule has 0 atom stereocenters. The third-order valence-corrected chi connectivity index (χ3v) is 3.82. The summed E-state index contributed by atoms with van der Waals surface area (Å²) in [7, 11) is -0.959. The summed E-state index contributed by atoms with van der Waals surface area (Å²) in [6.07, 6.45) is 2.93. The van der Waals surface area contributed by atoms with Crippen LogP contribution < -0.4 is 4.72 Å². The van der Waals surface area contributed by atoms with Crippen LogP contribution in [0.25, 0.3) is 0 Å². The highest BCUT2D eigenvalue weighted by molar-refractivity contribution is 7.87. The Balaban J connectivity index is 2.44. The molecule has 1 heterocycles. The van der Waals surface area contributed by atoms with Crippen molar-refractivity contribution < 1.29 is 22.4 Å². The maximum Gasteiger partial charge on any atom is 0.306 e. The van der Waals surface area contributed by atoms with Crippen LogP contribution in [0.3, 0.4) is 0 Å². The molecule has 0 spiro atoms. The number of nitrogens with one attached hydrogen (secondary N) is 1. The molecular formula is C10H16N2O5S. The lowest BCUT2D eigenvalue weighted by Gasteiger charge is -2.16. The number of methoxy groups -OCH3 is 1. The average molecular weight is 276 g/mol. The van der Waals surface area contributed by atoms with Crippen LogP contribution in [0.1, 0.15) is 12.0 Å². The van der Waals surface area contributed by atoms with Crippen LogP contribution in [0.15, 0.2) is 23.0 Å². The van der Waals surface area contributed by atoms with E-state index in [2.05, 4.69) is 9.46 Å². The van der Waals surface area contributed by atoms with E-state index in [-0.39, 0.29) is 19.5 Å². The standard InChI is InChI=1S/C10H16N2O5S/c1-12(5-3-10(13)16-2)18(14,15)11-7-9-4-6-17-8-9/h4,6,8,11H,3,5,7H2,1-2H3. The van der Waals surface area contributed by atoms with Crippen LogP contribution >= 0.6 is 0 Å². The van der Waals surface area contributed by atoms with Crippen molar-refractivity contribution in [2.24, 2.45) is 0 Å². The summed E-state index contributed by atoms with van der Waals surface area (Å²) in [5, 5.41) is 0. The Labute approximate surface area is 106 Å². The van der Waals surface area contributed by atoms with Gasteiger partial charge in [0.2, 0.25) is 0 Å². The molecule has 1 N–H and O–H groups in total. The first-order valence-corrected chi connectivity index (χ1v) is 6.68. The van der Waals surface area contributed by atoms with Crippen LogP contribution in [0, 0.1) is 0 Å². The fraction of sp³-hybridized carbons (Fsp3) is 0.500. The van der Waals surface area contributed by atoms with Gasteiger partial charge in [0.1, 0.15) is 0 Å². The third kappa shape index (κ3) is 4.47. The van der Waals surface area contributed by atoms with Gasteiger partial charge in [0.05, 0.1) is 26.1 Å². The molecule has 0 aliphatic carbocycles. The first-order valence-electron chi connectivity index (χ1n) is 5.24. The van der Waals surface area contributed by atoms with Gasteiger partial charge in [0.25, 0.3) is 10.2 Å². The summed E-state index contributed by atoms with van der Waals surface area (Å²) < 4.78 is 36.2. The molecule has 0 fully saturated rings. The van der Waals surface area contributed by atoms with E-state index >= 15 is 0 Å². The van der Waals surface area contributed by atoms with Gasteiger partial charge < -0.3 is 9.15 Å². The predicted octanol–water partition coefficient (Wildman–Crippen LogP) is 0.109. The van der Waals surface area contributed by atoms with E-state index < -0.39 is 16.2 Å². The van der Waals surface area contributed by atoms with Gasteiger partial charge in [0, 0.05) is 25.7 Å². The van der Waals surface area contributed by atoms with Crippen LogP contribution in [-0.2, 0) is 26.3 Å². The Kier molecular flexibility index (Phi) is 5.32. The minimum atomic E-state index is -3.61. The van der Waals surface area contributed by atoms with Gasteiger partial charge in [-0.1, -0.05) is 0 Å². The number of nitrogens with zero attached hydrogens (tertiary/aromatic N) is 1. The van der Waals surface area contributed by atoms with E-state index in [4.69, 9.17) is 4.42 Å². The lowest BCUT2D eigenvalue weighted by Crippen LogP contribution is -2.38. The molecule has 0 aromatic carbocycles. The van der Waals surface area contributed by atoms with Crippen molar-refractivity contribution in [2.45, 2.75) is 13.0 Å². The summed E-state index contributed by atoms with van der Waals surface area (Å²) in [5.41, 5.74) is 0.722. The average Bonchev–Trinajstić information content (AvgIpc) is 2.86. The largest absolute Gasteiger partial charge is 0.472 e. The number of hydrogen-bond acceptors (Lipinski definition) is 5. The minimum Gasteiger partial charge on any atom is -0.472 e. The summed E-state index contributed by atoms with van der Waals surface area (Å²) in [6.45, 7) is 0.203. The maximum absolute atomic E-state index is 11.8. The van der Waals surface area contributed by atoms with E-state index in [0.717, 1.165) is 9.87 Å². The molecule has 0 amide bonds. The van der Waals surface area contributed by atoms with Crippen LogP contribution in [0.2, 0.25) is 0 Å². The Bertz CT molecular complexity index is 468. The number of carbonyl (C=O) groups excluding carboxylic acids is 1. The summed E-state index contributed by atoms with van der Waals surface area (Å²) in [4.78, 5) is 10.9. The minimum absolute atomic E-state index is 0.0135.